The maximum atomic E-state index is 12.7. The van der Waals surface area contributed by atoms with Crippen LogP contribution in [0.25, 0.3) is 0 Å². The summed E-state index contributed by atoms with van der Waals surface area (Å²) in [6.45, 7) is 4.07. The van der Waals surface area contributed by atoms with Crippen LogP contribution in [0.4, 0.5) is 5.69 Å². The number of thioether (sulfide) groups is 1. The van der Waals surface area contributed by atoms with Crippen LogP contribution in [-0.2, 0) is 9.59 Å². The number of aryl methyl sites for hydroxylation is 1. The molecule has 0 bridgehead atoms. The number of amides is 2. The highest BCUT2D eigenvalue weighted by molar-refractivity contribution is 8.01. The van der Waals surface area contributed by atoms with Crippen molar-refractivity contribution in [3.8, 4) is 11.5 Å². The molecule has 0 aliphatic carbocycles. The van der Waals surface area contributed by atoms with Gasteiger partial charge in [-0.15, -0.1) is 11.8 Å². The molecule has 2 aromatic rings. The standard InChI is InChI=1S/C21H22N2O3S/c1-14-4-3-5-17(12-14)26-16-8-6-15(7-9-16)22-20(25)18-13-27-21(2)11-10-19(24)23(18)21/h3-9,12,18H,10-11,13H2,1-2H3,(H,22,25)/t18-,21+/m0/s1. The molecule has 2 fully saturated rings. The molecule has 0 aromatic heterocycles. The molecule has 0 spiro atoms. The maximum Gasteiger partial charge on any atom is 0.248 e. The van der Waals surface area contributed by atoms with Crippen LogP contribution in [0.5, 0.6) is 11.5 Å². The first-order chi connectivity index (χ1) is 12.9. The zero-order valence-electron chi connectivity index (χ0n) is 15.4. The van der Waals surface area contributed by atoms with Crippen LogP contribution >= 0.6 is 11.8 Å². The number of fused-ring (bicyclic) bond motifs is 1. The van der Waals surface area contributed by atoms with E-state index in [2.05, 4.69) is 5.32 Å². The average Bonchev–Trinajstić information content (AvgIpc) is 3.13. The highest BCUT2D eigenvalue weighted by Crippen LogP contribution is 2.47. The third kappa shape index (κ3) is 3.54. The van der Waals surface area contributed by atoms with Crippen LogP contribution in [0.15, 0.2) is 48.5 Å². The minimum Gasteiger partial charge on any atom is -0.457 e. The second kappa shape index (κ2) is 6.93. The Hall–Kier alpha value is -2.47. The molecule has 140 valence electrons. The number of rotatable bonds is 4. The minimum absolute atomic E-state index is 0.0737. The molecule has 2 heterocycles. The molecule has 0 saturated carbocycles. The molecular formula is C21H22N2O3S. The highest BCUT2D eigenvalue weighted by atomic mass is 32.2. The van der Waals surface area contributed by atoms with E-state index in [1.807, 2.05) is 62.4 Å². The van der Waals surface area contributed by atoms with Crippen LogP contribution in [0.2, 0.25) is 0 Å². The van der Waals surface area contributed by atoms with E-state index in [0.717, 1.165) is 17.7 Å². The molecule has 0 unspecified atom stereocenters. The summed E-state index contributed by atoms with van der Waals surface area (Å²) in [4.78, 5) is 26.4. The minimum atomic E-state index is -0.404. The van der Waals surface area contributed by atoms with Crippen molar-refractivity contribution in [3.63, 3.8) is 0 Å². The smallest absolute Gasteiger partial charge is 0.248 e. The average molecular weight is 382 g/mol. The second-order valence-electron chi connectivity index (χ2n) is 7.20. The molecule has 2 saturated heterocycles. The summed E-state index contributed by atoms with van der Waals surface area (Å²) < 4.78 is 5.83. The summed E-state index contributed by atoms with van der Waals surface area (Å²) in [6, 6.07) is 14.7. The summed E-state index contributed by atoms with van der Waals surface area (Å²) in [5, 5.41) is 2.93. The van der Waals surface area contributed by atoms with Gasteiger partial charge in [0.15, 0.2) is 0 Å². The van der Waals surface area contributed by atoms with Crippen molar-refractivity contribution >= 4 is 29.3 Å². The van der Waals surface area contributed by atoms with Gasteiger partial charge in [0.25, 0.3) is 0 Å². The van der Waals surface area contributed by atoms with Gasteiger partial charge < -0.3 is 15.0 Å². The largest absolute Gasteiger partial charge is 0.457 e. The molecule has 2 aliphatic rings. The molecule has 27 heavy (non-hydrogen) atoms. The lowest BCUT2D eigenvalue weighted by molar-refractivity contribution is -0.135. The fourth-order valence-corrected chi connectivity index (χ4v) is 5.09. The van der Waals surface area contributed by atoms with E-state index in [4.69, 9.17) is 4.74 Å². The highest BCUT2D eigenvalue weighted by Gasteiger charge is 2.52. The molecule has 4 rings (SSSR count). The molecule has 2 aliphatic heterocycles. The number of ether oxygens (including phenoxy) is 1. The summed E-state index contributed by atoms with van der Waals surface area (Å²) in [5.74, 6) is 2.07. The summed E-state index contributed by atoms with van der Waals surface area (Å²) in [6.07, 6.45) is 1.34. The Morgan fingerprint density at radius 2 is 2.00 bits per heavy atom. The predicted molar refractivity (Wildman–Crippen MR) is 107 cm³/mol. The zero-order chi connectivity index (χ0) is 19.0. The lowest BCUT2D eigenvalue weighted by atomic mass is 10.2. The van der Waals surface area contributed by atoms with Gasteiger partial charge in [-0.1, -0.05) is 12.1 Å². The first kappa shape index (κ1) is 17.9. The number of anilines is 1. The SMILES string of the molecule is Cc1cccc(Oc2ccc(NC(=O)[C@@H]3CS[C@]4(C)CCC(=O)N34)cc2)c1. The van der Waals surface area contributed by atoms with E-state index >= 15 is 0 Å². The third-order valence-electron chi connectivity index (χ3n) is 5.09. The van der Waals surface area contributed by atoms with Crippen molar-refractivity contribution in [3.05, 3.63) is 54.1 Å². The normalized spacial score (nSPS) is 24.0. The zero-order valence-corrected chi connectivity index (χ0v) is 16.2. The Kier molecular flexibility index (Phi) is 4.60. The van der Waals surface area contributed by atoms with Gasteiger partial charge >= 0.3 is 0 Å². The first-order valence-electron chi connectivity index (χ1n) is 9.06. The number of carbonyl (C=O) groups is 2. The summed E-state index contributed by atoms with van der Waals surface area (Å²) in [7, 11) is 0. The topological polar surface area (TPSA) is 58.6 Å². The Morgan fingerprint density at radius 1 is 1.22 bits per heavy atom. The predicted octanol–water partition coefficient (Wildman–Crippen LogP) is 4.18. The molecule has 2 atom stereocenters. The third-order valence-corrected chi connectivity index (χ3v) is 6.60. The molecular weight excluding hydrogens is 360 g/mol. The van der Waals surface area contributed by atoms with Gasteiger partial charge in [-0.25, -0.2) is 0 Å². The van der Waals surface area contributed by atoms with Crippen LogP contribution in [-0.4, -0.2) is 33.4 Å². The Morgan fingerprint density at radius 3 is 2.74 bits per heavy atom. The van der Waals surface area contributed by atoms with E-state index in [1.54, 1.807) is 16.7 Å². The summed E-state index contributed by atoms with van der Waals surface area (Å²) in [5.41, 5.74) is 1.83. The van der Waals surface area contributed by atoms with Crippen LogP contribution in [0, 0.1) is 6.92 Å². The van der Waals surface area contributed by atoms with Gasteiger partial charge in [0.05, 0.1) is 4.87 Å². The molecule has 6 heteroatoms. The van der Waals surface area contributed by atoms with Gasteiger partial charge in [0.2, 0.25) is 11.8 Å². The van der Waals surface area contributed by atoms with E-state index < -0.39 is 6.04 Å². The number of nitrogens with zero attached hydrogens (tertiary/aromatic N) is 1. The lowest BCUT2D eigenvalue weighted by Crippen LogP contribution is -2.48. The van der Waals surface area contributed by atoms with E-state index in [0.29, 0.717) is 23.6 Å². The van der Waals surface area contributed by atoms with E-state index in [9.17, 15) is 9.59 Å². The lowest BCUT2D eigenvalue weighted by Gasteiger charge is -2.29. The van der Waals surface area contributed by atoms with Crippen molar-refractivity contribution in [1.29, 1.82) is 0 Å². The Bertz CT molecular complexity index is 883. The van der Waals surface area contributed by atoms with Gasteiger partial charge in [0.1, 0.15) is 17.5 Å². The molecule has 1 N–H and O–H groups in total. The number of hydrogen-bond acceptors (Lipinski definition) is 4. The molecule has 0 radical (unpaired) electrons. The van der Waals surface area contributed by atoms with Crippen molar-refractivity contribution in [2.45, 2.75) is 37.6 Å². The monoisotopic (exact) mass is 382 g/mol. The van der Waals surface area contributed by atoms with Gasteiger partial charge in [-0.2, -0.15) is 0 Å². The van der Waals surface area contributed by atoms with Gasteiger partial charge in [0, 0.05) is 17.9 Å². The fraction of sp³-hybridized carbons (Fsp3) is 0.333. The van der Waals surface area contributed by atoms with E-state index in [1.165, 1.54) is 0 Å². The number of hydrogen-bond donors (Lipinski definition) is 1. The molecule has 2 aromatic carbocycles. The van der Waals surface area contributed by atoms with Gasteiger partial charge in [-0.05, 0) is 62.2 Å². The number of nitrogens with one attached hydrogen (secondary N) is 1. The fourth-order valence-electron chi connectivity index (χ4n) is 3.66. The van der Waals surface area contributed by atoms with Crippen LogP contribution < -0.4 is 10.1 Å². The van der Waals surface area contributed by atoms with Crippen molar-refractivity contribution < 1.29 is 14.3 Å². The Labute approximate surface area is 163 Å². The van der Waals surface area contributed by atoms with Crippen LogP contribution in [0.1, 0.15) is 25.3 Å². The Balaban J connectivity index is 1.41. The summed E-state index contributed by atoms with van der Waals surface area (Å²) >= 11 is 1.70. The van der Waals surface area contributed by atoms with Crippen molar-refractivity contribution in [2.24, 2.45) is 0 Å². The quantitative estimate of drug-likeness (QED) is 0.862. The number of benzene rings is 2. The van der Waals surface area contributed by atoms with Crippen molar-refractivity contribution in [2.75, 3.05) is 11.1 Å². The van der Waals surface area contributed by atoms with E-state index in [-0.39, 0.29) is 16.7 Å². The van der Waals surface area contributed by atoms with Gasteiger partial charge in [-0.3, -0.25) is 9.59 Å². The maximum absolute atomic E-state index is 12.7. The molecule has 5 nitrogen and oxygen atoms in total. The second-order valence-corrected chi connectivity index (χ2v) is 8.70. The number of carbonyl (C=O) groups excluding carboxylic acids is 2. The molecule has 2 amide bonds. The van der Waals surface area contributed by atoms with Crippen molar-refractivity contribution in [1.82, 2.24) is 4.90 Å². The first-order valence-corrected chi connectivity index (χ1v) is 10.0. The van der Waals surface area contributed by atoms with Crippen LogP contribution in [0.3, 0.4) is 0 Å².